The zero-order valence-electron chi connectivity index (χ0n) is 25.6. The lowest BCUT2D eigenvalue weighted by atomic mass is 10.1. The van der Waals surface area contributed by atoms with E-state index in [2.05, 4.69) is 56.2 Å². The van der Waals surface area contributed by atoms with E-state index in [-0.39, 0.29) is 0 Å². The number of aromatic nitrogens is 4. The van der Waals surface area contributed by atoms with E-state index < -0.39 is 6.10 Å². The molecule has 0 saturated carbocycles. The summed E-state index contributed by atoms with van der Waals surface area (Å²) in [4.78, 5) is 31.0. The van der Waals surface area contributed by atoms with Gasteiger partial charge in [0.05, 0.1) is 52.6 Å². The maximum absolute atomic E-state index is 11.7. The second kappa shape index (κ2) is 12.4. The Morgan fingerprint density at radius 2 is 1.00 bits per heavy atom. The number of nitrogens with one attached hydrogen (secondary N) is 2. The summed E-state index contributed by atoms with van der Waals surface area (Å²) in [5, 5.41) is 11.7. The molecule has 2 aromatic heterocycles. The molecule has 0 spiro atoms. The van der Waals surface area contributed by atoms with E-state index in [4.69, 9.17) is 20.0 Å². The standard InChI is InChI=1S/C37H36N8O/c46-29(21-44(19-27-17-25-9-1-3-11-30(25)38-27)23-36-40-32-13-5-6-14-33(32)41-36)22-45(20-28-18-26-10-2-4-12-31(26)39-28)24-37-42-34-15-7-8-16-35(34)43-37/h1-16,29,46H,17-24H2,(H,40,41)(H,42,43). The normalized spacial score (nSPS) is 14.1. The molecule has 230 valence electrons. The number of aliphatic imine (C=N–C) groups is 2. The van der Waals surface area contributed by atoms with E-state index >= 15 is 0 Å². The van der Waals surface area contributed by atoms with Crippen LogP contribution in [0, 0.1) is 0 Å². The lowest BCUT2D eigenvalue weighted by Gasteiger charge is -2.28. The van der Waals surface area contributed by atoms with Crippen molar-refractivity contribution in [3.63, 3.8) is 0 Å². The highest BCUT2D eigenvalue weighted by Crippen LogP contribution is 2.28. The Kier molecular flexibility index (Phi) is 7.71. The van der Waals surface area contributed by atoms with Crippen LogP contribution in [-0.2, 0) is 25.9 Å². The highest BCUT2D eigenvalue weighted by Gasteiger charge is 2.24. The van der Waals surface area contributed by atoms with E-state index in [0.717, 1.165) is 69.4 Å². The molecule has 0 bridgehead atoms. The van der Waals surface area contributed by atoms with E-state index in [1.165, 1.54) is 11.1 Å². The molecular formula is C37H36N8O. The van der Waals surface area contributed by atoms with Crippen molar-refractivity contribution in [2.24, 2.45) is 9.98 Å². The van der Waals surface area contributed by atoms with Gasteiger partial charge in [0, 0.05) is 50.4 Å². The van der Waals surface area contributed by atoms with E-state index in [1.54, 1.807) is 0 Å². The van der Waals surface area contributed by atoms with Gasteiger partial charge in [-0.15, -0.1) is 0 Å². The summed E-state index contributed by atoms with van der Waals surface area (Å²) in [6, 6.07) is 32.8. The van der Waals surface area contributed by atoms with Crippen LogP contribution in [0.2, 0.25) is 0 Å². The number of imidazole rings is 2. The summed E-state index contributed by atoms with van der Waals surface area (Å²) in [6.07, 6.45) is 1.02. The fraction of sp³-hybridized carbons (Fsp3) is 0.243. The van der Waals surface area contributed by atoms with Crippen LogP contribution in [0.1, 0.15) is 22.8 Å². The predicted molar refractivity (Wildman–Crippen MR) is 183 cm³/mol. The molecule has 6 aromatic rings. The quantitative estimate of drug-likeness (QED) is 0.164. The molecule has 9 nitrogen and oxygen atoms in total. The third-order valence-corrected chi connectivity index (χ3v) is 8.70. The van der Waals surface area contributed by atoms with Gasteiger partial charge in [0.15, 0.2) is 0 Å². The van der Waals surface area contributed by atoms with Gasteiger partial charge in [-0.25, -0.2) is 9.97 Å². The maximum atomic E-state index is 11.7. The Morgan fingerprint density at radius 3 is 1.46 bits per heavy atom. The van der Waals surface area contributed by atoms with Gasteiger partial charge in [-0.2, -0.15) is 0 Å². The number of nitrogens with zero attached hydrogens (tertiary/aromatic N) is 6. The molecule has 9 heteroatoms. The van der Waals surface area contributed by atoms with Crippen molar-refractivity contribution in [3.05, 3.63) is 120 Å². The van der Waals surface area contributed by atoms with E-state index in [9.17, 15) is 5.11 Å². The summed E-state index contributed by atoms with van der Waals surface area (Å²) < 4.78 is 0. The molecule has 2 aliphatic heterocycles. The lowest BCUT2D eigenvalue weighted by Crippen LogP contribution is -2.43. The van der Waals surface area contributed by atoms with Gasteiger partial charge in [0.2, 0.25) is 0 Å². The van der Waals surface area contributed by atoms with Crippen LogP contribution in [0.25, 0.3) is 22.1 Å². The fourth-order valence-electron chi connectivity index (χ4n) is 6.71. The van der Waals surface area contributed by atoms with Crippen LogP contribution in [0.15, 0.2) is 107 Å². The number of para-hydroxylation sites is 6. The number of hydrogen-bond donors (Lipinski definition) is 3. The summed E-state index contributed by atoms with van der Waals surface area (Å²) in [7, 11) is 0. The molecule has 0 atom stereocenters. The topological polar surface area (TPSA) is 109 Å². The highest BCUT2D eigenvalue weighted by atomic mass is 16.3. The van der Waals surface area contributed by atoms with Gasteiger partial charge < -0.3 is 15.1 Å². The number of hydrogen-bond acceptors (Lipinski definition) is 7. The first-order valence-corrected chi connectivity index (χ1v) is 15.9. The minimum atomic E-state index is -0.623. The summed E-state index contributed by atoms with van der Waals surface area (Å²) in [5.41, 5.74) is 10.7. The van der Waals surface area contributed by atoms with Gasteiger partial charge in [-0.3, -0.25) is 19.8 Å². The fourth-order valence-corrected chi connectivity index (χ4v) is 6.71. The molecule has 0 fully saturated rings. The number of aliphatic hydroxyl groups is 1. The number of rotatable bonds is 12. The van der Waals surface area contributed by atoms with Crippen LogP contribution < -0.4 is 0 Å². The molecule has 0 unspecified atom stereocenters. The third-order valence-electron chi connectivity index (χ3n) is 8.70. The average molecular weight is 609 g/mol. The average Bonchev–Trinajstić information content (AvgIpc) is 3.83. The van der Waals surface area contributed by atoms with Gasteiger partial charge in [-0.1, -0.05) is 60.7 Å². The first kappa shape index (κ1) is 28.5. The molecule has 0 radical (unpaired) electrons. The number of aromatic amines is 2. The molecule has 0 saturated heterocycles. The number of benzene rings is 4. The molecule has 0 aliphatic carbocycles. The monoisotopic (exact) mass is 608 g/mol. The van der Waals surface area contributed by atoms with Crippen molar-refractivity contribution in [1.82, 2.24) is 29.7 Å². The van der Waals surface area contributed by atoms with Crippen molar-refractivity contribution >= 4 is 44.9 Å². The third kappa shape index (κ3) is 6.25. The Morgan fingerprint density at radius 1 is 0.565 bits per heavy atom. The lowest BCUT2D eigenvalue weighted by molar-refractivity contribution is 0.0778. The van der Waals surface area contributed by atoms with E-state index in [1.807, 2.05) is 60.7 Å². The minimum Gasteiger partial charge on any atom is -0.390 e. The Bertz CT molecular complexity index is 1860. The van der Waals surface area contributed by atoms with Gasteiger partial charge >= 0.3 is 0 Å². The smallest absolute Gasteiger partial charge is 0.121 e. The Labute approximate surface area is 267 Å². The Balaban J connectivity index is 1.02. The zero-order chi connectivity index (χ0) is 30.9. The summed E-state index contributed by atoms with van der Waals surface area (Å²) >= 11 is 0. The SMILES string of the molecule is OC(CN(CC1=Nc2ccccc2C1)Cc1nc2ccccc2[nH]1)CN(CC1=Nc2ccccc2C1)Cc1nc2ccccc2[nH]1. The molecular weight excluding hydrogens is 572 g/mol. The van der Waals surface area contributed by atoms with Crippen molar-refractivity contribution in [3.8, 4) is 0 Å². The minimum absolute atomic E-state index is 0.468. The summed E-state index contributed by atoms with van der Waals surface area (Å²) in [5.74, 6) is 1.75. The molecule has 46 heavy (non-hydrogen) atoms. The van der Waals surface area contributed by atoms with Crippen molar-refractivity contribution in [2.45, 2.75) is 32.0 Å². The van der Waals surface area contributed by atoms with Crippen LogP contribution in [0.4, 0.5) is 11.4 Å². The molecule has 3 N–H and O–H groups in total. The largest absolute Gasteiger partial charge is 0.390 e. The van der Waals surface area contributed by atoms with E-state index in [0.29, 0.717) is 39.3 Å². The summed E-state index contributed by atoms with van der Waals surface area (Å²) in [6.45, 7) is 3.38. The van der Waals surface area contributed by atoms with Gasteiger partial charge in [-0.05, 0) is 47.5 Å². The van der Waals surface area contributed by atoms with Gasteiger partial charge in [0.25, 0.3) is 0 Å². The zero-order valence-corrected chi connectivity index (χ0v) is 25.6. The predicted octanol–water partition coefficient (Wildman–Crippen LogP) is 5.76. The first-order chi connectivity index (χ1) is 22.6. The second-order valence-electron chi connectivity index (χ2n) is 12.4. The van der Waals surface area contributed by atoms with Crippen LogP contribution >= 0.6 is 0 Å². The van der Waals surface area contributed by atoms with Crippen molar-refractivity contribution in [1.29, 1.82) is 0 Å². The van der Waals surface area contributed by atoms with Crippen LogP contribution in [0.5, 0.6) is 0 Å². The molecule has 8 rings (SSSR count). The molecule has 4 heterocycles. The van der Waals surface area contributed by atoms with Crippen molar-refractivity contribution in [2.75, 3.05) is 26.2 Å². The number of H-pyrrole nitrogens is 2. The molecule has 4 aromatic carbocycles. The molecule has 2 aliphatic rings. The number of aliphatic hydroxyl groups excluding tert-OH is 1. The van der Waals surface area contributed by atoms with Crippen LogP contribution in [0.3, 0.4) is 0 Å². The highest BCUT2D eigenvalue weighted by molar-refractivity contribution is 5.96. The Hall–Kier alpha value is -4.96. The van der Waals surface area contributed by atoms with Gasteiger partial charge in [0.1, 0.15) is 11.6 Å². The van der Waals surface area contributed by atoms with Crippen LogP contribution in [-0.4, -0.2) is 78.5 Å². The number of fused-ring (bicyclic) bond motifs is 4. The first-order valence-electron chi connectivity index (χ1n) is 15.9. The van der Waals surface area contributed by atoms with Crippen molar-refractivity contribution < 1.29 is 5.11 Å². The molecule has 0 amide bonds. The maximum Gasteiger partial charge on any atom is 0.121 e. The second-order valence-corrected chi connectivity index (χ2v) is 12.4.